The van der Waals surface area contributed by atoms with Crippen LogP contribution in [0, 0.1) is 6.92 Å². The van der Waals surface area contributed by atoms with Crippen LogP contribution in [0.2, 0.25) is 0 Å². The van der Waals surface area contributed by atoms with Crippen LogP contribution in [0.25, 0.3) is 0 Å². The van der Waals surface area contributed by atoms with Crippen LogP contribution >= 0.6 is 11.3 Å². The summed E-state index contributed by atoms with van der Waals surface area (Å²) >= 11 is 1.27. The number of methoxy groups -OCH3 is 2. The molecule has 2 amide bonds. The van der Waals surface area contributed by atoms with Gasteiger partial charge in [-0.1, -0.05) is 6.07 Å². The zero-order valence-electron chi connectivity index (χ0n) is 16.3. The van der Waals surface area contributed by atoms with E-state index in [1.54, 1.807) is 49.9 Å². The zero-order valence-corrected chi connectivity index (χ0v) is 17.1. The SMILES string of the molecule is COc1ccc(C(=O)Nc2nc(CC(=O)Nc3ccc(C)cc3OC)cs2)cc1. The summed E-state index contributed by atoms with van der Waals surface area (Å²) in [6.07, 6.45) is 0.0892. The van der Waals surface area contributed by atoms with E-state index in [1.807, 2.05) is 19.1 Å². The predicted molar refractivity (Wildman–Crippen MR) is 113 cm³/mol. The first-order valence-electron chi connectivity index (χ1n) is 8.83. The number of hydrogen-bond acceptors (Lipinski definition) is 6. The summed E-state index contributed by atoms with van der Waals surface area (Å²) in [6.45, 7) is 1.95. The average molecular weight is 411 g/mol. The Morgan fingerprint density at radius 1 is 1.03 bits per heavy atom. The van der Waals surface area contributed by atoms with Crippen molar-refractivity contribution in [1.29, 1.82) is 0 Å². The van der Waals surface area contributed by atoms with Crippen molar-refractivity contribution in [1.82, 2.24) is 4.98 Å². The highest BCUT2D eigenvalue weighted by atomic mass is 32.1. The molecule has 0 unspecified atom stereocenters. The number of ether oxygens (including phenoxy) is 2. The quantitative estimate of drug-likeness (QED) is 0.615. The van der Waals surface area contributed by atoms with Gasteiger partial charge < -0.3 is 14.8 Å². The van der Waals surface area contributed by atoms with Crippen LogP contribution in [0.3, 0.4) is 0 Å². The summed E-state index contributed by atoms with van der Waals surface area (Å²) in [5.74, 6) is 0.784. The van der Waals surface area contributed by atoms with Gasteiger partial charge >= 0.3 is 0 Å². The first-order chi connectivity index (χ1) is 14.0. The molecule has 0 aliphatic rings. The standard InChI is InChI=1S/C21H21N3O4S/c1-13-4-9-17(18(10-13)28-3)23-19(25)11-15-12-29-21(22-15)24-20(26)14-5-7-16(27-2)8-6-14/h4-10,12H,11H2,1-3H3,(H,23,25)(H,22,24,26). The number of anilines is 2. The number of thiazole rings is 1. The lowest BCUT2D eigenvalue weighted by Crippen LogP contribution is -2.15. The second-order valence-corrected chi connectivity index (χ2v) is 7.11. The summed E-state index contributed by atoms with van der Waals surface area (Å²) in [7, 11) is 3.12. The molecule has 0 spiro atoms. The van der Waals surface area contributed by atoms with Gasteiger partial charge in [0, 0.05) is 10.9 Å². The van der Waals surface area contributed by atoms with Crippen LogP contribution in [0.1, 0.15) is 21.6 Å². The van der Waals surface area contributed by atoms with Gasteiger partial charge in [-0.25, -0.2) is 4.98 Å². The Bertz CT molecular complexity index is 1020. The van der Waals surface area contributed by atoms with Crippen LogP contribution < -0.4 is 20.1 Å². The fraction of sp³-hybridized carbons (Fsp3) is 0.190. The van der Waals surface area contributed by atoms with Gasteiger partial charge in [0.2, 0.25) is 5.91 Å². The number of carbonyl (C=O) groups excluding carboxylic acids is 2. The summed E-state index contributed by atoms with van der Waals surface area (Å²) in [4.78, 5) is 29.0. The number of aryl methyl sites for hydroxylation is 1. The fourth-order valence-corrected chi connectivity index (χ4v) is 3.32. The number of aromatic nitrogens is 1. The maximum atomic E-state index is 12.3. The number of nitrogens with zero attached hydrogens (tertiary/aromatic N) is 1. The van der Waals surface area contributed by atoms with Gasteiger partial charge in [0.15, 0.2) is 5.13 Å². The van der Waals surface area contributed by atoms with Crippen LogP contribution in [0.5, 0.6) is 11.5 Å². The Kier molecular flexibility index (Phi) is 6.46. The van der Waals surface area contributed by atoms with Crippen LogP contribution in [0.4, 0.5) is 10.8 Å². The van der Waals surface area contributed by atoms with Gasteiger partial charge in [0.25, 0.3) is 5.91 Å². The molecule has 2 N–H and O–H groups in total. The van der Waals surface area contributed by atoms with Crippen molar-refractivity contribution < 1.29 is 19.1 Å². The molecule has 0 aliphatic heterocycles. The molecule has 7 nitrogen and oxygen atoms in total. The summed E-state index contributed by atoms with van der Waals surface area (Å²) < 4.78 is 10.4. The van der Waals surface area contributed by atoms with E-state index in [0.717, 1.165) is 5.56 Å². The van der Waals surface area contributed by atoms with Crippen LogP contribution in [0.15, 0.2) is 47.8 Å². The molecule has 0 saturated carbocycles. The van der Waals surface area contributed by atoms with Crippen LogP contribution in [-0.2, 0) is 11.2 Å². The molecule has 2 aromatic carbocycles. The smallest absolute Gasteiger partial charge is 0.257 e. The molecule has 29 heavy (non-hydrogen) atoms. The van der Waals surface area contributed by atoms with E-state index in [9.17, 15) is 9.59 Å². The molecular weight excluding hydrogens is 390 g/mol. The lowest BCUT2D eigenvalue weighted by atomic mass is 10.2. The van der Waals surface area contributed by atoms with Crippen molar-refractivity contribution in [2.75, 3.05) is 24.9 Å². The third kappa shape index (κ3) is 5.32. The first kappa shape index (κ1) is 20.3. The minimum Gasteiger partial charge on any atom is -0.497 e. The normalized spacial score (nSPS) is 10.3. The van der Waals surface area contributed by atoms with Gasteiger partial charge in [0.1, 0.15) is 11.5 Å². The molecule has 0 radical (unpaired) electrons. The third-order valence-electron chi connectivity index (χ3n) is 4.10. The number of benzene rings is 2. The minimum atomic E-state index is -0.276. The van der Waals surface area contributed by atoms with Crippen molar-refractivity contribution >= 4 is 34.0 Å². The summed E-state index contributed by atoms with van der Waals surface area (Å²) in [5.41, 5.74) is 2.71. The molecule has 1 heterocycles. The van der Waals surface area contributed by atoms with Gasteiger partial charge in [-0.15, -0.1) is 11.3 Å². The monoisotopic (exact) mass is 411 g/mol. The number of carbonyl (C=O) groups is 2. The van der Waals surface area contributed by atoms with Gasteiger partial charge in [-0.3, -0.25) is 14.9 Å². The maximum absolute atomic E-state index is 12.3. The van der Waals surface area contributed by atoms with Crippen molar-refractivity contribution in [3.63, 3.8) is 0 Å². The molecule has 0 fully saturated rings. The molecule has 0 saturated heterocycles. The topological polar surface area (TPSA) is 89.5 Å². The lowest BCUT2D eigenvalue weighted by Gasteiger charge is -2.10. The highest BCUT2D eigenvalue weighted by Crippen LogP contribution is 2.25. The first-order valence-corrected chi connectivity index (χ1v) is 9.70. The van der Waals surface area contributed by atoms with E-state index in [2.05, 4.69) is 15.6 Å². The van der Waals surface area contributed by atoms with E-state index in [0.29, 0.717) is 33.6 Å². The van der Waals surface area contributed by atoms with Gasteiger partial charge in [-0.2, -0.15) is 0 Å². The molecule has 3 rings (SSSR count). The Morgan fingerprint density at radius 2 is 1.79 bits per heavy atom. The van der Waals surface area contributed by atoms with E-state index in [-0.39, 0.29) is 18.2 Å². The molecule has 3 aromatic rings. The van der Waals surface area contributed by atoms with E-state index in [1.165, 1.54) is 11.3 Å². The lowest BCUT2D eigenvalue weighted by molar-refractivity contribution is -0.115. The second kappa shape index (κ2) is 9.20. The molecule has 0 atom stereocenters. The number of rotatable bonds is 7. The largest absolute Gasteiger partial charge is 0.497 e. The second-order valence-electron chi connectivity index (χ2n) is 6.26. The molecule has 0 aliphatic carbocycles. The number of nitrogens with one attached hydrogen (secondary N) is 2. The highest BCUT2D eigenvalue weighted by Gasteiger charge is 2.13. The zero-order chi connectivity index (χ0) is 20.8. The number of amides is 2. The molecule has 8 heteroatoms. The third-order valence-corrected chi connectivity index (χ3v) is 4.90. The summed E-state index contributed by atoms with van der Waals surface area (Å²) in [6, 6.07) is 12.3. The molecule has 0 bridgehead atoms. The average Bonchev–Trinajstić information content (AvgIpc) is 3.15. The Morgan fingerprint density at radius 3 is 2.48 bits per heavy atom. The molecular formula is C21H21N3O4S. The summed E-state index contributed by atoms with van der Waals surface area (Å²) in [5, 5.41) is 7.74. The predicted octanol–water partition coefficient (Wildman–Crippen LogP) is 3.90. The van der Waals surface area contributed by atoms with E-state index < -0.39 is 0 Å². The highest BCUT2D eigenvalue weighted by molar-refractivity contribution is 7.14. The van der Waals surface area contributed by atoms with Crippen molar-refractivity contribution in [2.45, 2.75) is 13.3 Å². The van der Waals surface area contributed by atoms with Gasteiger partial charge in [0.05, 0.1) is 32.0 Å². The minimum absolute atomic E-state index is 0.0892. The fourth-order valence-electron chi connectivity index (χ4n) is 2.62. The Balaban J connectivity index is 1.59. The Hall–Kier alpha value is -3.39. The van der Waals surface area contributed by atoms with E-state index in [4.69, 9.17) is 9.47 Å². The maximum Gasteiger partial charge on any atom is 0.257 e. The molecule has 150 valence electrons. The number of hydrogen-bond donors (Lipinski definition) is 2. The van der Waals surface area contributed by atoms with Gasteiger partial charge in [-0.05, 0) is 48.9 Å². The van der Waals surface area contributed by atoms with Crippen molar-refractivity contribution in [3.8, 4) is 11.5 Å². The molecule has 1 aromatic heterocycles. The Labute approximate surface area is 172 Å². The van der Waals surface area contributed by atoms with E-state index >= 15 is 0 Å². The van der Waals surface area contributed by atoms with Crippen molar-refractivity contribution in [2.24, 2.45) is 0 Å². The van der Waals surface area contributed by atoms with Crippen molar-refractivity contribution in [3.05, 3.63) is 64.7 Å². The van der Waals surface area contributed by atoms with Crippen LogP contribution in [-0.4, -0.2) is 31.0 Å².